The number of fused-ring (bicyclic) bond motifs is 4. The van der Waals surface area contributed by atoms with Gasteiger partial charge in [-0.15, -0.1) is 34.5 Å². The standard InChI is InChI=1S/C35H29Cl2FN2O7S/c1-46-26-14-18(15-27(47-2)29(26)41)5-12-25-22-10-11-23-28(31(43)39(30(23)42)17-21-4-3-13-48-21)24(22)16-34(36)32(44)40(33(45)35(25,34)37)20-8-6-19(38)7-9-20/h3-10,12-15,23-25,28,41H,11,16-17H2,1-2H3. The molecule has 9 nitrogen and oxygen atoms in total. The second-order valence-electron chi connectivity index (χ2n) is 12.3. The molecular formula is C35H29Cl2FN2O7S. The Hall–Kier alpha value is -4.19. The van der Waals surface area contributed by atoms with Crippen LogP contribution >= 0.6 is 34.5 Å². The molecule has 0 radical (unpaired) electrons. The fraction of sp³-hybridized carbons (Fsp3) is 0.314. The Balaban J connectivity index is 1.35. The van der Waals surface area contributed by atoms with Gasteiger partial charge in [-0.05, 0) is 72.2 Å². The molecule has 2 aliphatic carbocycles. The first kappa shape index (κ1) is 32.4. The highest BCUT2D eigenvalue weighted by atomic mass is 35.5. The number of allylic oxidation sites excluding steroid dienone is 3. The highest BCUT2D eigenvalue weighted by molar-refractivity contribution is 7.09. The van der Waals surface area contributed by atoms with Gasteiger partial charge in [0.1, 0.15) is 5.82 Å². The van der Waals surface area contributed by atoms with Gasteiger partial charge in [0.2, 0.25) is 17.6 Å². The minimum atomic E-state index is -2.06. The quantitative estimate of drug-likeness (QED) is 0.184. The summed E-state index contributed by atoms with van der Waals surface area (Å²) in [4.78, 5) is 55.3. The van der Waals surface area contributed by atoms with Gasteiger partial charge in [-0.3, -0.25) is 24.1 Å². The molecule has 1 saturated carbocycles. The van der Waals surface area contributed by atoms with E-state index >= 15 is 0 Å². The van der Waals surface area contributed by atoms with Crippen LogP contribution < -0.4 is 14.4 Å². The molecule has 248 valence electrons. The molecule has 6 atom stereocenters. The van der Waals surface area contributed by atoms with E-state index in [1.54, 1.807) is 24.3 Å². The van der Waals surface area contributed by atoms with Crippen molar-refractivity contribution in [1.82, 2.24) is 4.90 Å². The number of amides is 4. The number of halogens is 3. The van der Waals surface area contributed by atoms with Gasteiger partial charge in [0.05, 0.1) is 38.3 Å². The topological polar surface area (TPSA) is 113 Å². The van der Waals surface area contributed by atoms with E-state index in [4.69, 9.17) is 32.7 Å². The lowest BCUT2D eigenvalue weighted by atomic mass is 9.57. The molecule has 6 unspecified atom stereocenters. The van der Waals surface area contributed by atoms with E-state index in [2.05, 4.69) is 0 Å². The molecule has 3 aromatic rings. The first-order valence-corrected chi connectivity index (χ1v) is 16.8. The van der Waals surface area contributed by atoms with Gasteiger partial charge < -0.3 is 14.6 Å². The van der Waals surface area contributed by atoms with E-state index < -0.39 is 51.1 Å². The normalized spacial score (nSPS) is 29.6. The summed E-state index contributed by atoms with van der Waals surface area (Å²) in [5, 5.41) is 12.3. The van der Waals surface area contributed by atoms with Crippen molar-refractivity contribution >= 4 is 69.9 Å². The number of alkyl halides is 2. The van der Waals surface area contributed by atoms with Crippen LogP contribution in [0.4, 0.5) is 10.1 Å². The number of aromatic hydroxyl groups is 1. The smallest absolute Gasteiger partial charge is 0.258 e. The molecule has 3 fully saturated rings. The van der Waals surface area contributed by atoms with Crippen molar-refractivity contribution in [3.63, 3.8) is 0 Å². The molecule has 3 heterocycles. The van der Waals surface area contributed by atoms with Crippen LogP contribution in [0.2, 0.25) is 0 Å². The molecule has 2 aromatic carbocycles. The molecule has 4 amide bonds. The van der Waals surface area contributed by atoms with E-state index in [9.17, 15) is 28.7 Å². The average Bonchev–Trinajstić information content (AvgIpc) is 3.72. The van der Waals surface area contributed by atoms with Crippen molar-refractivity contribution in [1.29, 1.82) is 0 Å². The van der Waals surface area contributed by atoms with E-state index in [1.165, 1.54) is 42.6 Å². The number of rotatable bonds is 7. The summed E-state index contributed by atoms with van der Waals surface area (Å²) in [5.74, 6) is -5.92. The van der Waals surface area contributed by atoms with Gasteiger partial charge in [-0.1, -0.05) is 29.9 Å². The van der Waals surface area contributed by atoms with Gasteiger partial charge in [-0.25, -0.2) is 9.29 Å². The number of anilines is 1. The maximum atomic E-state index is 14.4. The molecule has 0 spiro atoms. The van der Waals surface area contributed by atoms with Crippen LogP contribution in [-0.4, -0.2) is 57.6 Å². The van der Waals surface area contributed by atoms with Crippen LogP contribution in [0.1, 0.15) is 23.3 Å². The summed E-state index contributed by atoms with van der Waals surface area (Å²) in [7, 11) is 2.78. The van der Waals surface area contributed by atoms with Crippen LogP contribution in [-0.2, 0) is 25.7 Å². The van der Waals surface area contributed by atoms with E-state index in [0.29, 0.717) is 11.1 Å². The van der Waals surface area contributed by atoms with E-state index in [1.807, 2.05) is 23.6 Å². The monoisotopic (exact) mass is 710 g/mol. The maximum Gasteiger partial charge on any atom is 0.258 e. The van der Waals surface area contributed by atoms with Crippen LogP contribution in [0.5, 0.6) is 17.2 Å². The number of nitrogens with zero attached hydrogens (tertiary/aromatic N) is 2. The number of phenols is 1. The maximum absolute atomic E-state index is 14.4. The number of ether oxygens (including phenoxy) is 2. The van der Waals surface area contributed by atoms with Crippen molar-refractivity contribution < 1.29 is 38.1 Å². The SMILES string of the molecule is COc1cc(C=CC2C3=CCC4C(=O)N(Cc5cccs5)C(=O)C4C3CC3(Cl)C(=O)N(c4ccc(F)cc4)C(=O)C23Cl)cc(OC)c1O. The molecule has 13 heteroatoms. The second kappa shape index (κ2) is 11.7. The summed E-state index contributed by atoms with van der Waals surface area (Å²) >= 11 is 16.2. The highest BCUT2D eigenvalue weighted by Crippen LogP contribution is 2.63. The number of phenolic OH excluding ortho intramolecular Hbond substituents is 1. The van der Waals surface area contributed by atoms with Gasteiger partial charge in [-0.2, -0.15) is 0 Å². The first-order chi connectivity index (χ1) is 22.9. The predicted molar refractivity (Wildman–Crippen MR) is 177 cm³/mol. The molecular weight excluding hydrogens is 682 g/mol. The fourth-order valence-electron chi connectivity index (χ4n) is 7.64. The minimum Gasteiger partial charge on any atom is -0.502 e. The van der Waals surface area contributed by atoms with Gasteiger partial charge >= 0.3 is 0 Å². The summed E-state index contributed by atoms with van der Waals surface area (Å²) < 4.78 is 24.5. The number of hydrogen-bond donors (Lipinski definition) is 1. The number of thiophene rings is 1. The average molecular weight is 712 g/mol. The van der Waals surface area contributed by atoms with E-state index in [0.717, 1.165) is 21.9 Å². The lowest BCUT2D eigenvalue weighted by Gasteiger charge is -2.49. The number of hydrogen-bond acceptors (Lipinski definition) is 8. The summed E-state index contributed by atoms with van der Waals surface area (Å²) in [6, 6.07) is 11.7. The third kappa shape index (κ3) is 4.62. The zero-order chi connectivity index (χ0) is 34.1. The zero-order valence-corrected chi connectivity index (χ0v) is 28.0. The Morgan fingerprint density at radius 1 is 1.00 bits per heavy atom. The third-order valence-corrected chi connectivity index (χ3v) is 12.2. The Bertz CT molecular complexity index is 1890. The first-order valence-electron chi connectivity index (χ1n) is 15.2. The van der Waals surface area contributed by atoms with Gasteiger partial charge in [0, 0.05) is 10.8 Å². The van der Waals surface area contributed by atoms with E-state index in [-0.39, 0.29) is 54.1 Å². The van der Waals surface area contributed by atoms with Crippen molar-refractivity contribution in [2.24, 2.45) is 23.7 Å². The molecule has 1 aromatic heterocycles. The molecule has 2 saturated heterocycles. The number of carbonyl (C=O) groups is 4. The number of imide groups is 2. The minimum absolute atomic E-state index is 0.0978. The largest absolute Gasteiger partial charge is 0.502 e. The predicted octanol–water partition coefficient (Wildman–Crippen LogP) is 5.92. The third-order valence-electron chi connectivity index (χ3n) is 9.92. The Morgan fingerprint density at radius 3 is 2.31 bits per heavy atom. The van der Waals surface area contributed by atoms with Gasteiger partial charge in [0.25, 0.3) is 11.8 Å². The number of methoxy groups -OCH3 is 2. The molecule has 7 rings (SSSR count). The van der Waals surface area contributed by atoms with Crippen molar-refractivity contribution in [3.8, 4) is 17.2 Å². The fourth-order valence-corrected chi connectivity index (χ4v) is 9.23. The van der Waals surface area contributed by atoms with Crippen LogP contribution in [0.15, 0.2) is 71.6 Å². The molecule has 1 N–H and O–H groups in total. The lowest BCUT2D eigenvalue weighted by molar-refractivity contribution is -0.141. The molecule has 48 heavy (non-hydrogen) atoms. The van der Waals surface area contributed by atoms with Crippen molar-refractivity contribution in [2.45, 2.75) is 29.1 Å². The summed E-state index contributed by atoms with van der Waals surface area (Å²) in [6.07, 6.45) is 5.20. The summed E-state index contributed by atoms with van der Waals surface area (Å²) in [6.45, 7) is 0.138. The molecule has 4 aliphatic rings. The Morgan fingerprint density at radius 2 is 1.69 bits per heavy atom. The number of benzene rings is 2. The van der Waals surface area contributed by atoms with Crippen LogP contribution in [0.3, 0.4) is 0 Å². The second-order valence-corrected chi connectivity index (χ2v) is 14.5. The molecule has 0 bridgehead atoms. The zero-order valence-electron chi connectivity index (χ0n) is 25.7. The van der Waals surface area contributed by atoms with Gasteiger partial charge in [0.15, 0.2) is 21.2 Å². The lowest BCUT2D eigenvalue weighted by Crippen LogP contribution is -2.60. The van der Waals surface area contributed by atoms with Crippen molar-refractivity contribution in [2.75, 3.05) is 19.1 Å². The van der Waals surface area contributed by atoms with Crippen LogP contribution in [0, 0.1) is 29.5 Å². The Kier molecular flexibility index (Phi) is 7.92. The number of likely N-dealkylation sites (tertiary alicyclic amines) is 1. The molecule has 2 aliphatic heterocycles. The van der Waals surface area contributed by atoms with Crippen LogP contribution in [0.25, 0.3) is 6.08 Å². The Labute approximate surface area is 289 Å². The highest BCUT2D eigenvalue weighted by Gasteiger charge is 2.76. The summed E-state index contributed by atoms with van der Waals surface area (Å²) in [5.41, 5.74) is 1.23. The van der Waals surface area contributed by atoms with Crippen molar-refractivity contribution in [3.05, 3.63) is 87.9 Å². The number of carbonyl (C=O) groups excluding carboxylic acids is 4.